The number of benzene rings is 3. The van der Waals surface area contributed by atoms with E-state index in [-0.39, 0.29) is 0 Å². The minimum Gasteiger partial charge on any atom is -0.365 e. The molecule has 0 N–H and O–H groups in total. The molecule has 36 heavy (non-hydrogen) atoms. The van der Waals surface area contributed by atoms with Crippen LogP contribution in [0, 0.1) is 13.8 Å². The second kappa shape index (κ2) is 9.15. The van der Waals surface area contributed by atoms with Crippen LogP contribution in [-0.2, 0) is 0 Å². The fourth-order valence-corrected chi connectivity index (χ4v) is 5.41. The van der Waals surface area contributed by atoms with E-state index in [0.29, 0.717) is 6.04 Å². The smallest absolute Gasteiger partial charge is 0.150 e. The molecule has 5 nitrogen and oxygen atoms in total. The van der Waals surface area contributed by atoms with Gasteiger partial charge in [0.1, 0.15) is 12.1 Å². The van der Waals surface area contributed by atoms with Gasteiger partial charge in [0.25, 0.3) is 0 Å². The SMILES string of the molecule is Cc1ccc(N2CCN(c3ncnc4c3c(-c3ccccc3)cn4-c3ccccc3C)C[C@@H]2C)cc1. The highest BCUT2D eigenvalue weighted by Gasteiger charge is 2.28. The Morgan fingerprint density at radius 1 is 0.806 bits per heavy atom. The number of anilines is 2. The Bertz CT molecular complexity index is 1500. The minimum atomic E-state index is 0.366. The molecule has 3 heterocycles. The van der Waals surface area contributed by atoms with Crippen LogP contribution in [0.1, 0.15) is 18.1 Å². The van der Waals surface area contributed by atoms with Crippen molar-refractivity contribution in [2.75, 3.05) is 29.4 Å². The zero-order valence-corrected chi connectivity index (χ0v) is 21.1. The van der Waals surface area contributed by atoms with Gasteiger partial charge < -0.3 is 14.4 Å². The predicted molar refractivity (Wildman–Crippen MR) is 149 cm³/mol. The van der Waals surface area contributed by atoms with E-state index in [2.05, 4.69) is 120 Å². The number of hydrogen-bond acceptors (Lipinski definition) is 4. The first-order chi connectivity index (χ1) is 17.6. The second-order valence-corrected chi connectivity index (χ2v) is 9.79. The van der Waals surface area contributed by atoms with Gasteiger partial charge in [-0.15, -0.1) is 0 Å². The third-order valence-electron chi connectivity index (χ3n) is 7.32. The summed E-state index contributed by atoms with van der Waals surface area (Å²) in [5.74, 6) is 1.02. The molecule has 1 aliphatic heterocycles. The Balaban J connectivity index is 1.45. The van der Waals surface area contributed by atoms with Gasteiger partial charge in [-0.3, -0.25) is 0 Å². The summed E-state index contributed by atoms with van der Waals surface area (Å²) >= 11 is 0. The maximum absolute atomic E-state index is 4.87. The summed E-state index contributed by atoms with van der Waals surface area (Å²) in [6.07, 6.45) is 3.95. The predicted octanol–water partition coefficient (Wildman–Crippen LogP) is 6.42. The first-order valence-electron chi connectivity index (χ1n) is 12.7. The molecule has 6 rings (SSSR count). The van der Waals surface area contributed by atoms with E-state index in [9.17, 15) is 0 Å². The molecule has 1 saturated heterocycles. The van der Waals surface area contributed by atoms with Crippen molar-refractivity contribution in [2.24, 2.45) is 0 Å². The third kappa shape index (κ3) is 3.91. The first-order valence-corrected chi connectivity index (χ1v) is 12.7. The Labute approximate surface area is 212 Å². The van der Waals surface area contributed by atoms with Crippen LogP contribution >= 0.6 is 0 Å². The van der Waals surface area contributed by atoms with Gasteiger partial charge in [-0.05, 0) is 50.1 Å². The highest BCUT2D eigenvalue weighted by atomic mass is 15.3. The third-order valence-corrected chi connectivity index (χ3v) is 7.32. The van der Waals surface area contributed by atoms with Crippen molar-refractivity contribution in [3.8, 4) is 16.8 Å². The summed E-state index contributed by atoms with van der Waals surface area (Å²) in [5.41, 5.74) is 8.23. The zero-order chi connectivity index (χ0) is 24.6. The Hall–Kier alpha value is -4.12. The normalized spacial score (nSPS) is 16.0. The van der Waals surface area contributed by atoms with Crippen molar-refractivity contribution in [1.82, 2.24) is 14.5 Å². The van der Waals surface area contributed by atoms with E-state index in [1.807, 2.05) is 0 Å². The molecule has 3 aromatic carbocycles. The van der Waals surface area contributed by atoms with Crippen LogP contribution in [-0.4, -0.2) is 40.2 Å². The standard InChI is InChI=1S/C31H31N5/c1-22-13-15-26(16-14-22)35-18-17-34(19-24(35)3)30-29-27(25-10-5-4-6-11-25)20-36(31(29)33-21-32-30)28-12-8-7-9-23(28)2/h4-16,20-21,24H,17-19H2,1-3H3/t24-/m0/s1. The van der Waals surface area contributed by atoms with E-state index in [1.165, 1.54) is 22.4 Å². The summed E-state index contributed by atoms with van der Waals surface area (Å²) in [6, 6.07) is 28.3. The molecule has 0 radical (unpaired) electrons. The number of aromatic nitrogens is 3. The summed E-state index contributed by atoms with van der Waals surface area (Å²) in [6.45, 7) is 9.37. The first kappa shape index (κ1) is 22.4. The molecule has 0 bridgehead atoms. The van der Waals surface area contributed by atoms with Crippen LogP contribution < -0.4 is 9.80 Å². The number of para-hydroxylation sites is 1. The van der Waals surface area contributed by atoms with Crippen molar-refractivity contribution in [1.29, 1.82) is 0 Å². The summed E-state index contributed by atoms with van der Waals surface area (Å²) in [5, 5.41) is 1.11. The molecule has 0 unspecified atom stereocenters. The van der Waals surface area contributed by atoms with Crippen LogP contribution in [0.2, 0.25) is 0 Å². The lowest BCUT2D eigenvalue weighted by Crippen LogP contribution is -2.52. The van der Waals surface area contributed by atoms with Crippen molar-refractivity contribution in [2.45, 2.75) is 26.8 Å². The highest BCUT2D eigenvalue weighted by Crippen LogP contribution is 2.38. The van der Waals surface area contributed by atoms with Gasteiger partial charge in [0.15, 0.2) is 5.65 Å². The fourth-order valence-electron chi connectivity index (χ4n) is 5.41. The van der Waals surface area contributed by atoms with E-state index >= 15 is 0 Å². The molecule has 0 aliphatic carbocycles. The van der Waals surface area contributed by atoms with Crippen LogP contribution in [0.3, 0.4) is 0 Å². The van der Waals surface area contributed by atoms with Gasteiger partial charge in [0.2, 0.25) is 0 Å². The lowest BCUT2D eigenvalue weighted by molar-refractivity contribution is 0.548. The molecule has 180 valence electrons. The molecular formula is C31H31N5. The monoisotopic (exact) mass is 473 g/mol. The molecule has 1 atom stereocenters. The molecule has 0 amide bonds. The Morgan fingerprint density at radius 3 is 2.31 bits per heavy atom. The molecule has 1 fully saturated rings. The van der Waals surface area contributed by atoms with Crippen LogP contribution in [0.15, 0.2) is 91.4 Å². The van der Waals surface area contributed by atoms with Gasteiger partial charge >= 0.3 is 0 Å². The average molecular weight is 474 g/mol. The number of hydrogen-bond donors (Lipinski definition) is 0. The Kier molecular flexibility index (Phi) is 5.68. The molecule has 0 saturated carbocycles. The number of fused-ring (bicyclic) bond motifs is 1. The van der Waals surface area contributed by atoms with Gasteiger partial charge in [0, 0.05) is 48.8 Å². The van der Waals surface area contributed by atoms with Crippen molar-refractivity contribution < 1.29 is 0 Å². The fraction of sp³-hybridized carbons (Fsp3) is 0.226. The van der Waals surface area contributed by atoms with Gasteiger partial charge in [-0.25, -0.2) is 9.97 Å². The maximum atomic E-state index is 4.87. The maximum Gasteiger partial charge on any atom is 0.150 e. The highest BCUT2D eigenvalue weighted by molar-refractivity contribution is 6.02. The zero-order valence-electron chi connectivity index (χ0n) is 21.1. The summed E-state index contributed by atoms with van der Waals surface area (Å²) in [4.78, 5) is 14.6. The summed E-state index contributed by atoms with van der Waals surface area (Å²) < 4.78 is 2.23. The lowest BCUT2D eigenvalue weighted by Gasteiger charge is -2.42. The second-order valence-electron chi connectivity index (χ2n) is 9.79. The van der Waals surface area contributed by atoms with Crippen molar-refractivity contribution in [3.05, 3.63) is 103 Å². The van der Waals surface area contributed by atoms with Gasteiger partial charge in [-0.2, -0.15) is 0 Å². The van der Waals surface area contributed by atoms with E-state index in [4.69, 9.17) is 9.97 Å². The molecule has 0 spiro atoms. The summed E-state index contributed by atoms with van der Waals surface area (Å²) in [7, 11) is 0. The number of aryl methyl sites for hydroxylation is 2. The van der Waals surface area contributed by atoms with Crippen LogP contribution in [0.25, 0.3) is 27.8 Å². The van der Waals surface area contributed by atoms with E-state index in [0.717, 1.165) is 47.7 Å². The lowest BCUT2D eigenvalue weighted by atomic mass is 10.1. The number of rotatable bonds is 4. The minimum absolute atomic E-state index is 0.366. The van der Waals surface area contributed by atoms with Crippen LogP contribution in [0.5, 0.6) is 0 Å². The molecule has 5 aromatic rings. The van der Waals surface area contributed by atoms with Crippen molar-refractivity contribution in [3.63, 3.8) is 0 Å². The average Bonchev–Trinajstić information content (AvgIpc) is 3.30. The largest absolute Gasteiger partial charge is 0.365 e. The van der Waals surface area contributed by atoms with Gasteiger partial charge in [0.05, 0.1) is 5.39 Å². The van der Waals surface area contributed by atoms with Crippen molar-refractivity contribution >= 4 is 22.5 Å². The van der Waals surface area contributed by atoms with Gasteiger partial charge in [-0.1, -0.05) is 66.2 Å². The topological polar surface area (TPSA) is 37.2 Å². The molecule has 2 aromatic heterocycles. The van der Waals surface area contributed by atoms with E-state index in [1.54, 1.807) is 6.33 Å². The molecule has 5 heteroatoms. The molecular weight excluding hydrogens is 442 g/mol. The van der Waals surface area contributed by atoms with Crippen LogP contribution in [0.4, 0.5) is 11.5 Å². The quantitative estimate of drug-likeness (QED) is 0.302. The Morgan fingerprint density at radius 2 is 1.56 bits per heavy atom. The number of piperazine rings is 1. The van der Waals surface area contributed by atoms with E-state index < -0.39 is 0 Å². The number of nitrogens with zero attached hydrogens (tertiary/aromatic N) is 5. The molecule has 1 aliphatic rings.